The molecule has 1 rings (SSSR count). The quantitative estimate of drug-likeness (QED) is 0.620. The smallest absolute Gasteiger partial charge is 0.0527 e. The van der Waals surface area contributed by atoms with E-state index in [4.69, 9.17) is 0 Å². The summed E-state index contributed by atoms with van der Waals surface area (Å²) in [5.74, 6) is 0. The van der Waals surface area contributed by atoms with Crippen LogP contribution in [-0.4, -0.2) is 8.07 Å². The zero-order valence-corrected chi connectivity index (χ0v) is 12.5. The molecule has 0 aliphatic heterocycles. The van der Waals surface area contributed by atoms with Gasteiger partial charge < -0.3 is 0 Å². The number of rotatable bonds is 5. The third-order valence-electron chi connectivity index (χ3n) is 4.47. The van der Waals surface area contributed by atoms with E-state index in [-0.39, 0.29) is 0 Å². The minimum absolute atomic E-state index is 0.887. The zero-order chi connectivity index (χ0) is 12.2. The van der Waals surface area contributed by atoms with Crippen molar-refractivity contribution in [3.05, 3.63) is 35.9 Å². The van der Waals surface area contributed by atoms with E-state index >= 15 is 0 Å². The number of benzene rings is 1. The van der Waals surface area contributed by atoms with Crippen molar-refractivity contribution >= 4 is 8.07 Å². The predicted octanol–water partition coefficient (Wildman–Crippen LogP) is 5.13. The normalized spacial score (nSPS) is 14.1. The van der Waals surface area contributed by atoms with Crippen LogP contribution in [0, 0.1) is 0 Å². The molecule has 1 aromatic carbocycles. The maximum Gasteiger partial charge on any atom is 0.0527 e. The molecule has 1 atom stereocenters. The molecule has 0 nitrogen and oxygen atoms in total. The molecule has 1 aromatic rings. The van der Waals surface area contributed by atoms with Crippen LogP contribution in [0.1, 0.15) is 32.8 Å². The molecular weight excluding hydrogens is 208 g/mol. The summed E-state index contributed by atoms with van der Waals surface area (Å²) in [6.07, 6.45) is 2.59. The molecule has 0 heterocycles. The Morgan fingerprint density at radius 1 is 1.00 bits per heavy atom. The SMILES string of the molecule is CC(C)[Si](C)(C)C(C)CCc1ccccc1. The van der Waals surface area contributed by atoms with E-state index < -0.39 is 8.07 Å². The maximum absolute atomic E-state index is 2.54. The lowest BCUT2D eigenvalue weighted by molar-refractivity contribution is 0.744. The van der Waals surface area contributed by atoms with Crippen molar-refractivity contribution in [2.75, 3.05) is 0 Å². The molecule has 0 fully saturated rings. The minimum Gasteiger partial charge on any atom is -0.0690 e. The number of aryl methyl sites for hydroxylation is 1. The molecule has 0 radical (unpaired) electrons. The van der Waals surface area contributed by atoms with Crippen molar-refractivity contribution in [2.45, 2.75) is 57.8 Å². The van der Waals surface area contributed by atoms with Crippen molar-refractivity contribution in [2.24, 2.45) is 0 Å². The summed E-state index contributed by atoms with van der Waals surface area (Å²) < 4.78 is 0. The van der Waals surface area contributed by atoms with E-state index in [1.807, 2.05) is 0 Å². The number of hydrogen-bond donors (Lipinski definition) is 0. The highest BCUT2D eigenvalue weighted by molar-refractivity contribution is 6.79. The molecule has 0 spiro atoms. The Balaban J connectivity index is 2.50. The Morgan fingerprint density at radius 3 is 2.06 bits per heavy atom. The summed E-state index contributed by atoms with van der Waals surface area (Å²) in [5, 5.41) is 0. The van der Waals surface area contributed by atoms with E-state index in [0.29, 0.717) is 0 Å². The fraction of sp³-hybridized carbons (Fsp3) is 0.600. The molecule has 0 bridgehead atoms. The highest BCUT2D eigenvalue weighted by atomic mass is 28.3. The van der Waals surface area contributed by atoms with Gasteiger partial charge in [-0.05, 0) is 23.9 Å². The lowest BCUT2D eigenvalue weighted by Gasteiger charge is -2.34. The van der Waals surface area contributed by atoms with Crippen LogP contribution in [0.25, 0.3) is 0 Å². The summed E-state index contributed by atoms with van der Waals surface area (Å²) >= 11 is 0. The average Bonchev–Trinajstić information content (AvgIpc) is 2.27. The summed E-state index contributed by atoms with van der Waals surface area (Å²) in [5.41, 5.74) is 3.29. The summed E-state index contributed by atoms with van der Waals surface area (Å²) in [7, 11) is -1.04. The van der Waals surface area contributed by atoms with Gasteiger partial charge in [-0.3, -0.25) is 0 Å². The first-order valence-corrected chi connectivity index (χ1v) is 9.64. The summed E-state index contributed by atoms with van der Waals surface area (Å²) in [6, 6.07) is 10.9. The maximum atomic E-state index is 2.54. The second-order valence-electron chi connectivity index (χ2n) is 5.90. The van der Waals surface area contributed by atoms with E-state index in [9.17, 15) is 0 Å². The van der Waals surface area contributed by atoms with Gasteiger partial charge in [-0.15, -0.1) is 0 Å². The van der Waals surface area contributed by atoms with Gasteiger partial charge in [0.15, 0.2) is 0 Å². The molecule has 0 aromatic heterocycles. The fourth-order valence-corrected chi connectivity index (χ4v) is 4.00. The van der Waals surface area contributed by atoms with Crippen molar-refractivity contribution in [3.63, 3.8) is 0 Å². The first kappa shape index (κ1) is 13.5. The van der Waals surface area contributed by atoms with Crippen LogP contribution >= 0.6 is 0 Å². The third-order valence-corrected chi connectivity index (χ3v) is 10.3. The first-order chi connectivity index (χ1) is 7.44. The van der Waals surface area contributed by atoms with E-state index in [1.54, 1.807) is 0 Å². The molecule has 0 aliphatic rings. The van der Waals surface area contributed by atoms with Gasteiger partial charge in [0.2, 0.25) is 0 Å². The molecule has 0 N–H and O–H groups in total. The van der Waals surface area contributed by atoms with Crippen LogP contribution < -0.4 is 0 Å². The van der Waals surface area contributed by atoms with E-state index in [1.165, 1.54) is 18.4 Å². The van der Waals surface area contributed by atoms with Gasteiger partial charge in [-0.25, -0.2) is 0 Å². The van der Waals surface area contributed by atoms with Crippen molar-refractivity contribution in [3.8, 4) is 0 Å². The van der Waals surface area contributed by atoms with Crippen LogP contribution in [0.5, 0.6) is 0 Å². The van der Waals surface area contributed by atoms with Crippen LogP contribution in [0.15, 0.2) is 30.3 Å². The van der Waals surface area contributed by atoms with Crippen LogP contribution in [0.3, 0.4) is 0 Å². The second kappa shape index (κ2) is 5.67. The topological polar surface area (TPSA) is 0 Å². The van der Waals surface area contributed by atoms with Gasteiger partial charge in [0, 0.05) is 0 Å². The molecule has 1 heteroatoms. The Labute approximate surface area is 102 Å². The van der Waals surface area contributed by atoms with Gasteiger partial charge >= 0.3 is 0 Å². The monoisotopic (exact) mass is 234 g/mol. The van der Waals surface area contributed by atoms with Crippen LogP contribution in [0.4, 0.5) is 0 Å². The van der Waals surface area contributed by atoms with E-state index in [0.717, 1.165) is 11.1 Å². The molecule has 0 amide bonds. The van der Waals surface area contributed by atoms with E-state index in [2.05, 4.69) is 64.2 Å². The lowest BCUT2D eigenvalue weighted by atomic mass is 10.1. The van der Waals surface area contributed by atoms with Crippen molar-refractivity contribution in [1.82, 2.24) is 0 Å². The average molecular weight is 234 g/mol. The summed E-state index contributed by atoms with van der Waals surface area (Å²) in [4.78, 5) is 0. The lowest BCUT2D eigenvalue weighted by Crippen LogP contribution is -2.34. The van der Waals surface area contributed by atoms with Crippen molar-refractivity contribution < 1.29 is 0 Å². The second-order valence-corrected chi connectivity index (χ2v) is 11.7. The number of hydrogen-bond acceptors (Lipinski definition) is 0. The molecular formula is C15H26Si. The largest absolute Gasteiger partial charge is 0.0690 e. The Morgan fingerprint density at radius 2 is 1.56 bits per heavy atom. The first-order valence-electron chi connectivity index (χ1n) is 6.48. The molecule has 1 unspecified atom stereocenters. The molecule has 16 heavy (non-hydrogen) atoms. The molecule has 0 aliphatic carbocycles. The molecule has 0 saturated carbocycles. The van der Waals surface area contributed by atoms with Gasteiger partial charge in [0.05, 0.1) is 8.07 Å². The minimum atomic E-state index is -1.04. The molecule has 0 saturated heterocycles. The Hall–Kier alpha value is -0.563. The zero-order valence-electron chi connectivity index (χ0n) is 11.5. The van der Waals surface area contributed by atoms with Gasteiger partial charge in [0.25, 0.3) is 0 Å². The van der Waals surface area contributed by atoms with Crippen LogP contribution in [0.2, 0.25) is 24.2 Å². The summed E-state index contributed by atoms with van der Waals surface area (Å²) in [6.45, 7) is 12.3. The Kier molecular flexibility index (Phi) is 4.79. The predicted molar refractivity (Wildman–Crippen MR) is 76.8 cm³/mol. The van der Waals surface area contributed by atoms with Gasteiger partial charge in [-0.1, -0.05) is 69.7 Å². The van der Waals surface area contributed by atoms with Gasteiger partial charge in [0.1, 0.15) is 0 Å². The Bertz CT molecular complexity index is 300. The van der Waals surface area contributed by atoms with Gasteiger partial charge in [-0.2, -0.15) is 0 Å². The molecule has 90 valence electrons. The standard InChI is InChI=1S/C15H26Si/c1-13(2)16(4,5)14(3)11-12-15-9-7-6-8-10-15/h6-10,13-14H,11-12H2,1-5H3. The highest BCUT2D eigenvalue weighted by Gasteiger charge is 2.30. The fourth-order valence-electron chi connectivity index (χ4n) is 1.97. The third kappa shape index (κ3) is 3.48. The van der Waals surface area contributed by atoms with Crippen LogP contribution in [-0.2, 0) is 6.42 Å². The van der Waals surface area contributed by atoms with Crippen molar-refractivity contribution in [1.29, 1.82) is 0 Å². The highest BCUT2D eigenvalue weighted by Crippen LogP contribution is 2.35.